The van der Waals surface area contributed by atoms with Crippen LogP contribution in [0.15, 0.2) is 22.7 Å². The molecule has 0 aromatic heterocycles. The molecule has 1 fully saturated rings. The van der Waals surface area contributed by atoms with Crippen LogP contribution in [0.5, 0.6) is 0 Å². The first kappa shape index (κ1) is 13.9. The number of hydrogen-bond donors (Lipinski definition) is 3. The topological polar surface area (TPSA) is 92.4 Å². The molecule has 1 aromatic rings. The first-order valence-electron chi connectivity index (χ1n) is 6.06. The van der Waals surface area contributed by atoms with Gasteiger partial charge in [0, 0.05) is 21.8 Å². The lowest BCUT2D eigenvalue weighted by molar-refractivity contribution is -0.141. The van der Waals surface area contributed by atoms with E-state index in [4.69, 9.17) is 10.8 Å². The van der Waals surface area contributed by atoms with Gasteiger partial charge in [0.15, 0.2) is 0 Å². The third kappa shape index (κ3) is 3.26. The highest BCUT2D eigenvalue weighted by Gasteiger charge is 2.29. The van der Waals surface area contributed by atoms with E-state index in [1.807, 2.05) is 0 Å². The maximum atomic E-state index is 11.0. The number of primary amides is 1. The van der Waals surface area contributed by atoms with Crippen LogP contribution in [0.4, 0.5) is 5.69 Å². The number of carbonyl (C=O) groups is 2. The zero-order valence-corrected chi connectivity index (χ0v) is 11.8. The van der Waals surface area contributed by atoms with E-state index in [0.717, 1.165) is 16.6 Å². The van der Waals surface area contributed by atoms with Gasteiger partial charge in [-0.1, -0.05) is 0 Å². The van der Waals surface area contributed by atoms with Crippen LogP contribution in [0, 0.1) is 5.92 Å². The number of halogens is 1. The Balaban J connectivity index is 2.04. The van der Waals surface area contributed by atoms with Crippen molar-refractivity contribution < 1.29 is 14.7 Å². The monoisotopic (exact) mass is 326 g/mol. The number of carbonyl (C=O) groups excluding carboxylic acids is 1. The van der Waals surface area contributed by atoms with Crippen molar-refractivity contribution in [1.29, 1.82) is 0 Å². The van der Waals surface area contributed by atoms with E-state index in [0.29, 0.717) is 18.4 Å². The maximum absolute atomic E-state index is 11.0. The van der Waals surface area contributed by atoms with Gasteiger partial charge in [0.1, 0.15) is 0 Å². The molecular weight excluding hydrogens is 312 g/mol. The number of aliphatic carboxylic acids is 1. The second-order valence-electron chi connectivity index (χ2n) is 4.75. The van der Waals surface area contributed by atoms with Gasteiger partial charge in [0.25, 0.3) is 0 Å². The molecule has 5 nitrogen and oxygen atoms in total. The molecule has 0 bridgehead atoms. The van der Waals surface area contributed by atoms with Crippen LogP contribution in [-0.4, -0.2) is 23.0 Å². The summed E-state index contributed by atoms with van der Waals surface area (Å²) in [6, 6.07) is 5.24. The first-order chi connectivity index (χ1) is 8.97. The molecule has 1 amide bonds. The van der Waals surface area contributed by atoms with Crippen LogP contribution in [-0.2, 0) is 4.79 Å². The fraction of sp³-hybridized carbons (Fsp3) is 0.385. The lowest BCUT2D eigenvalue weighted by Crippen LogP contribution is -2.18. The minimum absolute atomic E-state index is 0.150. The molecule has 1 aliphatic rings. The average molecular weight is 327 g/mol. The van der Waals surface area contributed by atoms with Crippen LogP contribution in [0.2, 0.25) is 0 Å². The van der Waals surface area contributed by atoms with E-state index in [9.17, 15) is 9.59 Å². The van der Waals surface area contributed by atoms with Crippen LogP contribution in [0.3, 0.4) is 0 Å². The smallest absolute Gasteiger partial charge is 0.306 e. The molecule has 0 saturated heterocycles. The fourth-order valence-electron chi connectivity index (χ4n) is 2.34. The van der Waals surface area contributed by atoms with Gasteiger partial charge in [-0.15, -0.1) is 0 Å². The summed E-state index contributed by atoms with van der Waals surface area (Å²) in [4.78, 5) is 21.9. The summed E-state index contributed by atoms with van der Waals surface area (Å²) in [6.07, 6.45) is 2.16. The average Bonchev–Trinajstić information content (AvgIpc) is 2.80. The molecule has 1 aromatic carbocycles. The zero-order valence-electron chi connectivity index (χ0n) is 10.2. The highest BCUT2D eigenvalue weighted by Crippen LogP contribution is 2.31. The van der Waals surface area contributed by atoms with Crippen molar-refractivity contribution in [2.75, 3.05) is 5.32 Å². The van der Waals surface area contributed by atoms with Gasteiger partial charge in [0.2, 0.25) is 5.91 Å². The number of benzene rings is 1. The predicted octanol–water partition coefficient (Wildman–Crippen LogP) is 2.21. The van der Waals surface area contributed by atoms with Gasteiger partial charge in [-0.2, -0.15) is 0 Å². The Morgan fingerprint density at radius 3 is 2.63 bits per heavy atom. The highest BCUT2D eigenvalue weighted by atomic mass is 79.9. The Bertz CT molecular complexity index is 519. The van der Waals surface area contributed by atoms with Crippen LogP contribution in [0.1, 0.15) is 29.6 Å². The maximum Gasteiger partial charge on any atom is 0.306 e. The predicted molar refractivity (Wildman–Crippen MR) is 75.0 cm³/mol. The molecule has 19 heavy (non-hydrogen) atoms. The fourth-order valence-corrected chi connectivity index (χ4v) is 2.84. The largest absolute Gasteiger partial charge is 0.481 e. The lowest BCUT2D eigenvalue weighted by Gasteiger charge is -2.15. The third-order valence-corrected chi connectivity index (χ3v) is 4.05. The van der Waals surface area contributed by atoms with E-state index < -0.39 is 11.9 Å². The van der Waals surface area contributed by atoms with Crippen molar-refractivity contribution in [3.8, 4) is 0 Å². The van der Waals surface area contributed by atoms with Gasteiger partial charge < -0.3 is 16.2 Å². The number of anilines is 1. The molecule has 1 saturated carbocycles. The molecule has 6 heteroatoms. The number of hydrogen-bond acceptors (Lipinski definition) is 3. The van der Waals surface area contributed by atoms with Crippen molar-refractivity contribution >= 4 is 33.5 Å². The van der Waals surface area contributed by atoms with Crippen molar-refractivity contribution in [2.24, 2.45) is 11.7 Å². The highest BCUT2D eigenvalue weighted by molar-refractivity contribution is 9.10. The van der Waals surface area contributed by atoms with E-state index >= 15 is 0 Å². The molecule has 0 heterocycles. The Hall–Kier alpha value is -1.56. The Morgan fingerprint density at radius 2 is 2.11 bits per heavy atom. The van der Waals surface area contributed by atoms with Crippen LogP contribution in [0.25, 0.3) is 0 Å². The molecule has 102 valence electrons. The summed E-state index contributed by atoms with van der Waals surface area (Å²) in [7, 11) is 0. The van der Waals surface area contributed by atoms with E-state index in [1.54, 1.807) is 18.2 Å². The quantitative estimate of drug-likeness (QED) is 0.790. The number of nitrogens with two attached hydrogens (primary N) is 1. The van der Waals surface area contributed by atoms with Gasteiger partial charge >= 0.3 is 5.97 Å². The van der Waals surface area contributed by atoms with Gasteiger partial charge in [0.05, 0.1) is 5.92 Å². The second-order valence-corrected chi connectivity index (χ2v) is 5.60. The Labute approximate surface area is 119 Å². The SMILES string of the molecule is NC(=O)c1ccc(NC2CCC(C(=O)O)C2)c(Br)c1. The molecule has 1 aliphatic carbocycles. The molecule has 0 aliphatic heterocycles. The molecule has 2 rings (SSSR count). The molecule has 4 N–H and O–H groups in total. The molecule has 0 radical (unpaired) electrons. The number of nitrogens with one attached hydrogen (secondary N) is 1. The number of carboxylic acid groups (broad SMARTS) is 1. The van der Waals surface area contributed by atoms with E-state index in [2.05, 4.69) is 21.2 Å². The number of carboxylic acids is 1. The van der Waals surface area contributed by atoms with Crippen molar-refractivity contribution in [3.63, 3.8) is 0 Å². The van der Waals surface area contributed by atoms with Gasteiger partial charge in [-0.05, 0) is 53.4 Å². The van der Waals surface area contributed by atoms with Crippen molar-refractivity contribution in [2.45, 2.75) is 25.3 Å². The minimum Gasteiger partial charge on any atom is -0.481 e. The van der Waals surface area contributed by atoms with Gasteiger partial charge in [-0.25, -0.2) is 0 Å². The molecule has 0 spiro atoms. The van der Waals surface area contributed by atoms with Crippen LogP contribution >= 0.6 is 15.9 Å². The summed E-state index contributed by atoms with van der Waals surface area (Å²) in [5.74, 6) is -1.47. The molecule has 2 atom stereocenters. The van der Waals surface area contributed by atoms with E-state index in [1.165, 1.54) is 0 Å². The first-order valence-corrected chi connectivity index (χ1v) is 6.85. The summed E-state index contributed by atoms with van der Waals surface area (Å²) >= 11 is 3.38. The third-order valence-electron chi connectivity index (χ3n) is 3.40. The normalized spacial score (nSPS) is 22.2. The summed E-state index contributed by atoms with van der Waals surface area (Å²) < 4.78 is 0.752. The van der Waals surface area contributed by atoms with Crippen molar-refractivity contribution in [1.82, 2.24) is 0 Å². The van der Waals surface area contributed by atoms with Crippen LogP contribution < -0.4 is 11.1 Å². The van der Waals surface area contributed by atoms with Gasteiger partial charge in [-0.3, -0.25) is 9.59 Å². The van der Waals surface area contributed by atoms with E-state index in [-0.39, 0.29) is 12.0 Å². The summed E-state index contributed by atoms with van der Waals surface area (Å²) in [6.45, 7) is 0. The number of amides is 1. The second kappa shape index (κ2) is 5.61. The molecule has 2 unspecified atom stereocenters. The van der Waals surface area contributed by atoms with Crippen molar-refractivity contribution in [3.05, 3.63) is 28.2 Å². The number of rotatable bonds is 4. The Morgan fingerprint density at radius 1 is 1.37 bits per heavy atom. The molecular formula is C13H15BrN2O3. The minimum atomic E-state index is -0.729. The summed E-state index contributed by atoms with van der Waals surface area (Å²) in [5, 5.41) is 12.3. The lowest BCUT2D eigenvalue weighted by atomic mass is 10.1. The summed E-state index contributed by atoms with van der Waals surface area (Å²) in [5.41, 5.74) is 6.49. The standard InChI is InChI=1S/C13H15BrN2O3/c14-10-6-7(12(15)17)2-4-11(10)16-9-3-1-8(5-9)13(18)19/h2,4,6,8-9,16H,1,3,5H2,(H2,15,17)(H,18,19). The Kier molecular flexibility index (Phi) is 4.09. The zero-order chi connectivity index (χ0) is 14.0.